The molecule has 1 fully saturated rings. The number of imidazole rings is 1. The van der Waals surface area contributed by atoms with Crippen molar-refractivity contribution < 1.29 is 9.53 Å². The Morgan fingerprint density at radius 2 is 1.39 bits per heavy atom. The molecule has 6 rings (SSSR count). The van der Waals surface area contributed by atoms with Crippen LogP contribution in [0.4, 0.5) is 5.82 Å². The number of nitrogens with one attached hydrogen (secondary N) is 1. The SMILES string of the molecule is CC[C@H]1O[C@@H](n2cnc3c(NC(c4ccccc4)(c4ccccc4)c4ccccc4)ncnc32)C(=O)C1C. The Morgan fingerprint density at radius 1 is 0.842 bits per heavy atom. The third-order valence-electron chi connectivity index (χ3n) is 7.49. The highest BCUT2D eigenvalue weighted by atomic mass is 16.5. The molecule has 3 atom stereocenters. The van der Waals surface area contributed by atoms with E-state index < -0.39 is 11.8 Å². The number of carbonyl (C=O) groups excluding carboxylic acids is 1. The summed E-state index contributed by atoms with van der Waals surface area (Å²) in [5.74, 6) is 0.427. The number of ketones is 1. The number of nitrogens with zero attached hydrogens (tertiary/aromatic N) is 4. The first-order valence-corrected chi connectivity index (χ1v) is 12.9. The van der Waals surface area contributed by atoms with Gasteiger partial charge in [-0.15, -0.1) is 0 Å². The first-order valence-electron chi connectivity index (χ1n) is 12.9. The predicted molar refractivity (Wildman–Crippen MR) is 147 cm³/mol. The van der Waals surface area contributed by atoms with Gasteiger partial charge in [-0.3, -0.25) is 9.36 Å². The summed E-state index contributed by atoms with van der Waals surface area (Å²) in [6.45, 7) is 3.95. The molecule has 0 aliphatic carbocycles. The van der Waals surface area contributed by atoms with Gasteiger partial charge >= 0.3 is 0 Å². The van der Waals surface area contributed by atoms with Gasteiger partial charge in [0.15, 0.2) is 29.0 Å². The van der Waals surface area contributed by atoms with Gasteiger partial charge in [0.05, 0.1) is 12.4 Å². The minimum absolute atomic E-state index is 0.0384. The number of Topliss-reactive ketones (excluding diaryl/α,β-unsaturated/α-hetero) is 1. The van der Waals surface area contributed by atoms with Crippen molar-refractivity contribution in [2.75, 3.05) is 5.32 Å². The van der Waals surface area contributed by atoms with Crippen LogP contribution in [0.3, 0.4) is 0 Å². The van der Waals surface area contributed by atoms with E-state index in [0.29, 0.717) is 17.0 Å². The fourth-order valence-corrected chi connectivity index (χ4v) is 5.48. The number of anilines is 1. The summed E-state index contributed by atoms with van der Waals surface area (Å²) >= 11 is 0. The largest absolute Gasteiger partial charge is 0.351 e. The van der Waals surface area contributed by atoms with Gasteiger partial charge in [-0.25, -0.2) is 15.0 Å². The molecular weight excluding hydrogens is 474 g/mol. The summed E-state index contributed by atoms with van der Waals surface area (Å²) in [6.07, 6.45) is 3.05. The highest BCUT2D eigenvalue weighted by Gasteiger charge is 2.42. The van der Waals surface area contributed by atoms with Crippen LogP contribution in [0.15, 0.2) is 104 Å². The molecule has 3 aromatic carbocycles. The van der Waals surface area contributed by atoms with E-state index >= 15 is 0 Å². The summed E-state index contributed by atoms with van der Waals surface area (Å²) < 4.78 is 7.86. The fourth-order valence-electron chi connectivity index (χ4n) is 5.48. The van der Waals surface area contributed by atoms with Crippen LogP contribution < -0.4 is 5.32 Å². The second-order valence-electron chi connectivity index (χ2n) is 9.65. The average Bonchev–Trinajstić information content (AvgIpc) is 3.54. The van der Waals surface area contributed by atoms with E-state index in [-0.39, 0.29) is 17.8 Å². The maximum absolute atomic E-state index is 13.1. The summed E-state index contributed by atoms with van der Waals surface area (Å²) in [7, 11) is 0. The number of hydrogen-bond acceptors (Lipinski definition) is 6. The van der Waals surface area contributed by atoms with E-state index in [1.165, 1.54) is 6.33 Å². The number of ether oxygens (including phenoxy) is 1. The number of rotatable bonds is 7. The number of hydrogen-bond donors (Lipinski definition) is 1. The molecule has 5 aromatic rings. The first kappa shape index (κ1) is 24.0. The van der Waals surface area contributed by atoms with Gasteiger partial charge in [0.25, 0.3) is 0 Å². The third-order valence-corrected chi connectivity index (χ3v) is 7.49. The molecule has 7 heteroatoms. The van der Waals surface area contributed by atoms with Crippen LogP contribution in [-0.4, -0.2) is 31.4 Å². The smallest absolute Gasteiger partial charge is 0.196 e. The van der Waals surface area contributed by atoms with Gasteiger partial charge in [0.2, 0.25) is 0 Å². The van der Waals surface area contributed by atoms with Crippen molar-refractivity contribution in [2.24, 2.45) is 5.92 Å². The lowest BCUT2D eigenvalue weighted by Gasteiger charge is -2.37. The molecule has 1 aliphatic rings. The van der Waals surface area contributed by atoms with E-state index in [0.717, 1.165) is 23.1 Å². The molecule has 0 saturated carbocycles. The van der Waals surface area contributed by atoms with Crippen molar-refractivity contribution in [3.63, 3.8) is 0 Å². The zero-order valence-corrected chi connectivity index (χ0v) is 21.4. The topological polar surface area (TPSA) is 81.9 Å². The minimum atomic E-state index is -0.768. The van der Waals surface area contributed by atoms with Crippen LogP contribution in [-0.2, 0) is 15.1 Å². The molecule has 1 unspecified atom stereocenters. The number of aromatic nitrogens is 4. The average molecular weight is 504 g/mol. The van der Waals surface area contributed by atoms with E-state index in [1.807, 2.05) is 68.4 Å². The summed E-state index contributed by atoms with van der Waals surface area (Å²) in [5.41, 5.74) is 3.51. The van der Waals surface area contributed by atoms with Crippen molar-refractivity contribution in [2.45, 2.75) is 38.1 Å². The van der Waals surface area contributed by atoms with E-state index in [9.17, 15) is 4.79 Å². The van der Waals surface area contributed by atoms with Crippen LogP contribution in [0.25, 0.3) is 11.2 Å². The van der Waals surface area contributed by atoms with E-state index in [4.69, 9.17) is 4.74 Å². The molecule has 0 amide bonds. The summed E-state index contributed by atoms with van der Waals surface area (Å²) in [5, 5.41) is 3.78. The maximum Gasteiger partial charge on any atom is 0.196 e. The molecule has 190 valence electrons. The lowest BCUT2D eigenvalue weighted by molar-refractivity contribution is -0.128. The molecule has 7 nitrogen and oxygen atoms in total. The monoisotopic (exact) mass is 503 g/mol. The number of fused-ring (bicyclic) bond motifs is 1. The van der Waals surface area contributed by atoms with Crippen LogP contribution in [0.2, 0.25) is 0 Å². The molecule has 38 heavy (non-hydrogen) atoms. The predicted octanol–water partition coefficient (Wildman–Crippen LogP) is 5.74. The van der Waals surface area contributed by atoms with Crippen LogP contribution in [0.5, 0.6) is 0 Å². The molecule has 2 aromatic heterocycles. The standard InChI is InChI=1S/C31H29N5O2/c1-3-25-21(2)27(37)30(38-25)36-20-34-26-28(32-19-33-29(26)36)35-31(22-13-7-4-8-14-22,23-15-9-5-10-16-23)24-17-11-6-12-18-24/h4-21,25,30H,3H2,1-2H3,(H,32,33,35)/t21?,25-,30-/m1/s1. The van der Waals surface area contributed by atoms with Crippen molar-refractivity contribution >= 4 is 22.8 Å². The zero-order valence-electron chi connectivity index (χ0n) is 21.4. The molecule has 1 N–H and O–H groups in total. The second kappa shape index (κ2) is 9.84. The first-order chi connectivity index (χ1) is 18.6. The summed E-state index contributed by atoms with van der Waals surface area (Å²) in [4.78, 5) is 26.9. The fraction of sp³-hybridized carbons (Fsp3) is 0.226. The number of benzene rings is 3. The Labute approximate surface area is 221 Å². The molecule has 1 aliphatic heterocycles. The van der Waals surface area contributed by atoms with E-state index in [1.54, 1.807) is 10.9 Å². The molecular formula is C31H29N5O2. The van der Waals surface area contributed by atoms with Crippen molar-refractivity contribution in [1.29, 1.82) is 0 Å². The van der Waals surface area contributed by atoms with Crippen LogP contribution >= 0.6 is 0 Å². The Morgan fingerprint density at radius 3 is 1.89 bits per heavy atom. The Balaban J connectivity index is 1.53. The lowest BCUT2D eigenvalue weighted by atomic mass is 9.77. The lowest BCUT2D eigenvalue weighted by Crippen LogP contribution is -2.38. The van der Waals surface area contributed by atoms with Gasteiger partial charge in [0, 0.05) is 5.92 Å². The maximum atomic E-state index is 13.1. The van der Waals surface area contributed by atoms with E-state index in [2.05, 4.69) is 56.7 Å². The van der Waals surface area contributed by atoms with Gasteiger partial charge in [-0.05, 0) is 23.1 Å². The molecule has 0 spiro atoms. The van der Waals surface area contributed by atoms with Crippen molar-refractivity contribution in [3.8, 4) is 0 Å². The van der Waals surface area contributed by atoms with Gasteiger partial charge in [-0.2, -0.15) is 0 Å². The molecule has 0 bridgehead atoms. The highest BCUT2D eigenvalue weighted by Crippen LogP contribution is 2.41. The van der Waals surface area contributed by atoms with Gasteiger partial charge < -0.3 is 10.1 Å². The third kappa shape index (κ3) is 3.87. The summed E-state index contributed by atoms with van der Waals surface area (Å²) in [6, 6.07) is 30.9. The molecule has 1 saturated heterocycles. The molecule has 3 heterocycles. The quantitative estimate of drug-likeness (QED) is 0.285. The second-order valence-corrected chi connectivity index (χ2v) is 9.65. The Hall–Kier alpha value is -4.36. The zero-order chi connectivity index (χ0) is 26.1. The van der Waals surface area contributed by atoms with Gasteiger partial charge in [-0.1, -0.05) is 105 Å². The normalized spacial score (nSPS) is 19.6. The van der Waals surface area contributed by atoms with Crippen LogP contribution in [0.1, 0.15) is 43.2 Å². The number of carbonyl (C=O) groups is 1. The Bertz CT molecular complexity index is 1460. The van der Waals surface area contributed by atoms with Crippen molar-refractivity contribution in [3.05, 3.63) is 120 Å². The Kier molecular flexibility index (Phi) is 6.21. The highest BCUT2D eigenvalue weighted by molar-refractivity contribution is 5.89. The van der Waals surface area contributed by atoms with Gasteiger partial charge in [0.1, 0.15) is 11.9 Å². The van der Waals surface area contributed by atoms with Crippen molar-refractivity contribution in [1.82, 2.24) is 19.5 Å². The molecule has 0 radical (unpaired) electrons. The van der Waals surface area contributed by atoms with Crippen LogP contribution in [0, 0.1) is 5.92 Å². The minimum Gasteiger partial charge on any atom is -0.351 e.